The van der Waals surface area contributed by atoms with Gasteiger partial charge in [-0.15, -0.1) is 0 Å². The molecule has 0 saturated carbocycles. The van der Waals surface area contributed by atoms with Gasteiger partial charge in [0.15, 0.2) is 0 Å². The van der Waals surface area contributed by atoms with Crippen LogP contribution in [0.5, 0.6) is 0 Å². The molecule has 0 atom stereocenters. The molecule has 0 N–H and O–H groups in total. The third kappa shape index (κ3) is 4.10. The molecule has 0 heterocycles. The standard InChI is InChI=1S/C17H18O/c1-15(12-16-8-4-2-5-9-16)13-18-14-17-10-6-3-7-11-17/h2-11,13H,12,14H2,1H3. The molecule has 0 aliphatic rings. The molecule has 18 heavy (non-hydrogen) atoms. The first-order valence-electron chi connectivity index (χ1n) is 6.20. The Morgan fingerprint density at radius 2 is 1.44 bits per heavy atom. The molecule has 0 fully saturated rings. The van der Waals surface area contributed by atoms with E-state index < -0.39 is 0 Å². The van der Waals surface area contributed by atoms with Gasteiger partial charge in [0.2, 0.25) is 0 Å². The van der Waals surface area contributed by atoms with Crippen LogP contribution in [0.2, 0.25) is 0 Å². The molecule has 0 radical (unpaired) electrons. The van der Waals surface area contributed by atoms with Crippen molar-refractivity contribution >= 4 is 0 Å². The quantitative estimate of drug-likeness (QED) is 0.704. The van der Waals surface area contributed by atoms with E-state index in [-0.39, 0.29) is 0 Å². The van der Waals surface area contributed by atoms with Crippen molar-refractivity contribution in [1.29, 1.82) is 0 Å². The van der Waals surface area contributed by atoms with E-state index in [2.05, 4.69) is 43.3 Å². The molecule has 0 aliphatic carbocycles. The molecular weight excluding hydrogens is 220 g/mol. The second-order valence-electron chi connectivity index (χ2n) is 4.42. The summed E-state index contributed by atoms with van der Waals surface area (Å²) in [6.45, 7) is 2.73. The molecule has 2 aromatic carbocycles. The fraction of sp³-hybridized carbons (Fsp3) is 0.176. The maximum atomic E-state index is 5.59. The van der Waals surface area contributed by atoms with E-state index in [1.54, 1.807) is 0 Å². The summed E-state index contributed by atoms with van der Waals surface area (Å²) in [6, 6.07) is 20.6. The smallest absolute Gasteiger partial charge is 0.112 e. The number of allylic oxidation sites excluding steroid dienone is 1. The van der Waals surface area contributed by atoms with Gasteiger partial charge in [0.1, 0.15) is 6.61 Å². The molecule has 1 nitrogen and oxygen atoms in total. The Kier molecular flexibility index (Phi) is 4.60. The van der Waals surface area contributed by atoms with Crippen molar-refractivity contribution < 1.29 is 4.74 Å². The normalized spacial score (nSPS) is 11.3. The average molecular weight is 238 g/mol. The van der Waals surface area contributed by atoms with Crippen molar-refractivity contribution in [3.05, 3.63) is 83.6 Å². The van der Waals surface area contributed by atoms with Crippen molar-refractivity contribution in [1.82, 2.24) is 0 Å². The van der Waals surface area contributed by atoms with Gasteiger partial charge in [0.25, 0.3) is 0 Å². The van der Waals surface area contributed by atoms with Crippen LogP contribution in [0.15, 0.2) is 72.5 Å². The minimum Gasteiger partial charge on any atom is -0.497 e. The van der Waals surface area contributed by atoms with Crippen LogP contribution in [0.3, 0.4) is 0 Å². The summed E-state index contributed by atoms with van der Waals surface area (Å²) in [7, 11) is 0. The van der Waals surface area contributed by atoms with Gasteiger partial charge in [-0.05, 0) is 30.0 Å². The van der Waals surface area contributed by atoms with Crippen molar-refractivity contribution in [3.8, 4) is 0 Å². The monoisotopic (exact) mass is 238 g/mol. The van der Waals surface area contributed by atoms with Crippen molar-refractivity contribution in [3.63, 3.8) is 0 Å². The SMILES string of the molecule is CC(=COCc1ccccc1)Cc1ccccc1. The van der Waals surface area contributed by atoms with Crippen LogP contribution in [0.25, 0.3) is 0 Å². The van der Waals surface area contributed by atoms with E-state index in [9.17, 15) is 0 Å². The lowest BCUT2D eigenvalue weighted by Gasteiger charge is -2.04. The van der Waals surface area contributed by atoms with Crippen LogP contribution in [0.4, 0.5) is 0 Å². The zero-order valence-electron chi connectivity index (χ0n) is 10.7. The molecule has 92 valence electrons. The maximum absolute atomic E-state index is 5.59. The second kappa shape index (κ2) is 6.65. The lowest BCUT2D eigenvalue weighted by Crippen LogP contribution is -1.90. The Balaban J connectivity index is 1.83. The van der Waals surface area contributed by atoms with Crippen LogP contribution in [0, 0.1) is 0 Å². The van der Waals surface area contributed by atoms with Crippen LogP contribution in [-0.2, 0) is 17.8 Å². The third-order valence-corrected chi connectivity index (χ3v) is 2.70. The third-order valence-electron chi connectivity index (χ3n) is 2.70. The molecule has 0 amide bonds. The van der Waals surface area contributed by atoms with Gasteiger partial charge in [0.05, 0.1) is 6.26 Å². The van der Waals surface area contributed by atoms with Gasteiger partial charge in [-0.1, -0.05) is 60.7 Å². The Hall–Kier alpha value is -2.02. The predicted molar refractivity (Wildman–Crippen MR) is 75.1 cm³/mol. The van der Waals surface area contributed by atoms with Crippen molar-refractivity contribution in [2.24, 2.45) is 0 Å². The number of hydrogen-bond donors (Lipinski definition) is 0. The fourth-order valence-electron chi connectivity index (χ4n) is 1.81. The topological polar surface area (TPSA) is 9.23 Å². The molecular formula is C17H18O. The number of rotatable bonds is 5. The molecule has 0 unspecified atom stereocenters. The molecule has 0 aromatic heterocycles. The largest absolute Gasteiger partial charge is 0.497 e. The second-order valence-corrected chi connectivity index (χ2v) is 4.42. The van der Waals surface area contributed by atoms with Crippen LogP contribution >= 0.6 is 0 Å². The first kappa shape index (κ1) is 12.4. The average Bonchev–Trinajstić information content (AvgIpc) is 2.41. The highest BCUT2D eigenvalue weighted by molar-refractivity contribution is 5.20. The Labute approximate surface area is 109 Å². The van der Waals surface area contributed by atoms with Crippen molar-refractivity contribution in [2.75, 3.05) is 0 Å². The summed E-state index contributed by atoms with van der Waals surface area (Å²) >= 11 is 0. The summed E-state index contributed by atoms with van der Waals surface area (Å²) in [5.74, 6) is 0. The zero-order chi connectivity index (χ0) is 12.6. The molecule has 0 bridgehead atoms. The van der Waals surface area contributed by atoms with Gasteiger partial charge in [-0.25, -0.2) is 0 Å². The van der Waals surface area contributed by atoms with E-state index in [1.807, 2.05) is 30.5 Å². The van der Waals surface area contributed by atoms with Crippen LogP contribution in [0.1, 0.15) is 18.1 Å². The Morgan fingerprint density at radius 3 is 2.06 bits per heavy atom. The van der Waals surface area contributed by atoms with Crippen molar-refractivity contribution in [2.45, 2.75) is 20.0 Å². The summed E-state index contributed by atoms with van der Waals surface area (Å²) in [5, 5.41) is 0. The molecule has 2 rings (SSSR count). The Bertz CT molecular complexity index is 486. The van der Waals surface area contributed by atoms with Gasteiger partial charge >= 0.3 is 0 Å². The minimum absolute atomic E-state index is 0.632. The predicted octanol–water partition coefficient (Wildman–Crippen LogP) is 4.35. The van der Waals surface area contributed by atoms with E-state index in [0.29, 0.717) is 6.61 Å². The summed E-state index contributed by atoms with van der Waals surface area (Å²) < 4.78 is 5.59. The van der Waals surface area contributed by atoms with Gasteiger partial charge in [-0.2, -0.15) is 0 Å². The summed E-state index contributed by atoms with van der Waals surface area (Å²) in [4.78, 5) is 0. The molecule has 2 aromatic rings. The number of ether oxygens (including phenoxy) is 1. The minimum atomic E-state index is 0.632. The van der Waals surface area contributed by atoms with Gasteiger partial charge in [0, 0.05) is 0 Å². The highest BCUT2D eigenvalue weighted by Gasteiger charge is 1.94. The van der Waals surface area contributed by atoms with E-state index >= 15 is 0 Å². The molecule has 1 heteroatoms. The lowest BCUT2D eigenvalue weighted by atomic mass is 10.1. The summed E-state index contributed by atoms with van der Waals surface area (Å²) in [5.41, 5.74) is 3.74. The van der Waals surface area contributed by atoms with Crippen LogP contribution in [-0.4, -0.2) is 0 Å². The molecule has 0 spiro atoms. The van der Waals surface area contributed by atoms with E-state index in [4.69, 9.17) is 4.74 Å². The maximum Gasteiger partial charge on any atom is 0.112 e. The van der Waals surface area contributed by atoms with Crippen LogP contribution < -0.4 is 0 Å². The Morgan fingerprint density at radius 1 is 0.889 bits per heavy atom. The van der Waals surface area contributed by atoms with E-state index in [0.717, 1.165) is 6.42 Å². The summed E-state index contributed by atoms with van der Waals surface area (Å²) in [6.07, 6.45) is 2.80. The first-order valence-corrected chi connectivity index (χ1v) is 6.20. The van der Waals surface area contributed by atoms with Gasteiger partial charge in [-0.3, -0.25) is 0 Å². The van der Waals surface area contributed by atoms with E-state index in [1.165, 1.54) is 16.7 Å². The lowest BCUT2D eigenvalue weighted by molar-refractivity contribution is 0.233. The first-order chi connectivity index (χ1) is 8.84. The zero-order valence-corrected chi connectivity index (χ0v) is 10.7. The molecule has 0 aliphatic heterocycles. The number of benzene rings is 2. The highest BCUT2D eigenvalue weighted by atomic mass is 16.5. The fourth-order valence-corrected chi connectivity index (χ4v) is 1.81. The molecule has 0 saturated heterocycles. The van der Waals surface area contributed by atoms with Gasteiger partial charge < -0.3 is 4.74 Å². The highest BCUT2D eigenvalue weighted by Crippen LogP contribution is 2.08. The number of hydrogen-bond acceptors (Lipinski definition) is 1.